The normalized spacial score (nSPS) is 10.5. The number of aromatic nitrogens is 1. The zero-order valence-corrected chi connectivity index (χ0v) is 12.8. The van der Waals surface area contributed by atoms with Gasteiger partial charge in [-0.15, -0.1) is 0 Å². The zero-order chi connectivity index (χ0) is 16.9. The van der Waals surface area contributed by atoms with Crippen LogP contribution in [0.1, 0.15) is 21.5 Å². The summed E-state index contributed by atoms with van der Waals surface area (Å²) in [7, 11) is 0. The van der Waals surface area contributed by atoms with Crippen molar-refractivity contribution in [3.63, 3.8) is 0 Å². The second kappa shape index (κ2) is 6.97. The van der Waals surface area contributed by atoms with Crippen molar-refractivity contribution < 1.29 is 14.3 Å². The summed E-state index contributed by atoms with van der Waals surface area (Å²) in [6.45, 7) is 0.124. The molecule has 3 N–H and O–H groups in total. The molecule has 0 aliphatic carbocycles. The van der Waals surface area contributed by atoms with Gasteiger partial charge in [0, 0.05) is 6.54 Å². The molecule has 2 heterocycles. The summed E-state index contributed by atoms with van der Waals surface area (Å²) in [5, 5.41) is 12.0. The van der Waals surface area contributed by atoms with Gasteiger partial charge >= 0.3 is 0 Å². The van der Waals surface area contributed by atoms with Crippen LogP contribution in [-0.2, 0) is 13.2 Å². The molecule has 0 saturated heterocycles. The van der Waals surface area contributed by atoms with Crippen molar-refractivity contribution in [1.29, 1.82) is 0 Å². The lowest BCUT2D eigenvalue weighted by Crippen LogP contribution is -2.29. The molecule has 0 saturated carbocycles. The minimum Gasteiger partial charge on any atom is -0.463 e. The van der Waals surface area contributed by atoms with E-state index in [2.05, 4.69) is 10.3 Å². The van der Waals surface area contributed by atoms with Gasteiger partial charge in [-0.3, -0.25) is 9.59 Å². The first-order chi connectivity index (χ1) is 11.7. The highest BCUT2D eigenvalue weighted by molar-refractivity contribution is 5.94. The zero-order valence-electron chi connectivity index (χ0n) is 12.8. The van der Waals surface area contributed by atoms with Crippen LogP contribution in [0.15, 0.2) is 64.0 Å². The third-order valence-electron chi connectivity index (χ3n) is 3.67. The van der Waals surface area contributed by atoms with E-state index < -0.39 is 11.5 Å². The van der Waals surface area contributed by atoms with E-state index in [-0.39, 0.29) is 18.7 Å². The summed E-state index contributed by atoms with van der Waals surface area (Å²) in [6.07, 6.45) is 1.51. The number of carbonyl (C=O) groups excluding carboxylic acids is 1. The third kappa shape index (κ3) is 3.28. The molecule has 0 spiro atoms. The van der Waals surface area contributed by atoms with Crippen LogP contribution in [0, 0.1) is 0 Å². The Morgan fingerprint density at radius 2 is 1.88 bits per heavy atom. The van der Waals surface area contributed by atoms with E-state index in [1.54, 1.807) is 24.3 Å². The molecule has 122 valence electrons. The third-order valence-corrected chi connectivity index (χ3v) is 3.67. The predicted octanol–water partition coefficient (Wildman–Crippen LogP) is 2.06. The van der Waals surface area contributed by atoms with Crippen LogP contribution in [-0.4, -0.2) is 16.0 Å². The van der Waals surface area contributed by atoms with Gasteiger partial charge in [-0.1, -0.05) is 24.3 Å². The van der Waals surface area contributed by atoms with Crippen molar-refractivity contribution >= 4 is 5.91 Å². The monoisotopic (exact) mass is 324 g/mol. The lowest BCUT2D eigenvalue weighted by Gasteiger charge is -2.09. The van der Waals surface area contributed by atoms with Gasteiger partial charge in [-0.05, 0) is 35.4 Å². The summed E-state index contributed by atoms with van der Waals surface area (Å²) >= 11 is 0. The molecule has 0 radical (unpaired) electrons. The Morgan fingerprint density at radius 3 is 2.54 bits per heavy atom. The Hall–Kier alpha value is -3.12. The van der Waals surface area contributed by atoms with Crippen LogP contribution < -0.4 is 10.9 Å². The van der Waals surface area contributed by atoms with Crippen LogP contribution in [0.4, 0.5) is 0 Å². The second-order valence-electron chi connectivity index (χ2n) is 5.20. The number of H-pyrrole nitrogens is 1. The molecule has 3 aromatic rings. The van der Waals surface area contributed by atoms with Crippen LogP contribution in [0.2, 0.25) is 0 Å². The average Bonchev–Trinajstić information content (AvgIpc) is 3.14. The number of nitrogens with one attached hydrogen (secondary N) is 2. The predicted molar refractivity (Wildman–Crippen MR) is 88.3 cm³/mol. The maximum atomic E-state index is 12.2. The van der Waals surface area contributed by atoms with Gasteiger partial charge in [0.15, 0.2) is 0 Å². The van der Waals surface area contributed by atoms with E-state index in [4.69, 9.17) is 4.42 Å². The SMILES string of the molecule is O=C(NCc1ccccc1CO)c1ccc(-c2ccco2)[nH]c1=O. The first-order valence-electron chi connectivity index (χ1n) is 7.42. The number of carbonyl (C=O) groups is 1. The topological polar surface area (TPSA) is 95.3 Å². The number of hydrogen-bond acceptors (Lipinski definition) is 4. The Bertz CT molecular complexity index is 897. The Balaban J connectivity index is 1.75. The summed E-state index contributed by atoms with van der Waals surface area (Å²) in [6, 6.07) is 13.8. The highest BCUT2D eigenvalue weighted by Crippen LogP contribution is 2.15. The van der Waals surface area contributed by atoms with E-state index in [1.165, 1.54) is 12.3 Å². The average molecular weight is 324 g/mol. The van der Waals surface area contributed by atoms with Gasteiger partial charge in [0.1, 0.15) is 11.3 Å². The van der Waals surface area contributed by atoms with E-state index >= 15 is 0 Å². The number of aliphatic hydroxyl groups excluding tert-OH is 1. The molecule has 2 aromatic heterocycles. The van der Waals surface area contributed by atoms with E-state index in [0.717, 1.165) is 11.1 Å². The highest BCUT2D eigenvalue weighted by atomic mass is 16.3. The van der Waals surface area contributed by atoms with Crippen molar-refractivity contribution in [2.24, 2.45) is 0 Å². The molecule has 0 fully saturated rings. The highest BCUT2D eigenvalue weighted by Gasteiger charge is 2.12. The Labute approximate surface area is 137 Å². The Kier molecular flexibility index (Phi) is 4.58. The number of aliphatic hydroxyl groups is 1. The number of benzene rings is 1. The molecule has 6 nitrogen and oxygen atoms in total. The fraction of sp³-hybridized carbons (Fsp3) is 0.111. The lowest BCUT2D eigenvalue weighted by atomic mass is 10.1. The van der Waals surface area contributed by atoms with Crippen molar-refractivity contribution in [2.45, 2.75) is 13.2 Å². The number of rotatable bonds is 5. The number of amides is 1. The van der Waals surface area contributed by atoms with Gasteiger partial charge in [-0.2, -0.15) is 0 Å². The minimum absolute atomic E-state index is 0.0202. The molecular weight excluding hydrogens is 308 g/mol. The van der Waals surface area contributed by atoms with Gasteiger partial charge in [0.05, 0.1) is 18.6 Å². The molecule has 0 aliphatic rings. The fourth-order valence-electron chi connectivity index (χ4n) is 2.38. The van der Waals surface area contributed by atoms with Crippen molar-refractivity contribution in [3.8, 4) is 11.5 Å². The maximum absolute atomic E-state index is 12.2. The van der Waals surface area contributed by atoms with Crippen molar-refractivity contribution in [3.05, 3.63) is 81.8 Å². The standard InChI is InChI=1S/C18H16N2O4/c21-11-13-5-2-1-4-12(13)10-19-17(22)14-7-8-15(20-18(14)23)16-6-3-9-24-16/h1-9,21H,10-11H2,(H,19,22)(H,20,23). The second-order valence-corrected chi connectivity index (χ2v) is 5.20. The van der Waals surface area contributed by atoms with Gasteiger partial charge < -0.3 is 19.8 Å². The van der Waals surface area contributed by atoms with E-state index in [1.807, 2.05) is 18.2 Å². The molecule has 0 unspecified atom stereocenters. The molecule has 6 heteroatoms. The van der Waals surface area contributed by atoms with E-state index in [9.17, 15) is 14.7 Å². The molecule has 0 atom stereocenters. The molecule has 1 aromatic carbocycles. The smallest absolute Gasteiger partial charge is 0.261 e. The molecule has 1 amide bonds. The maximum Gasteiger partial charge on any atom is 0.261 e. The summed E-state index contributed by atoms with van der Waals surface area (Å²) in [5.74, 6) is 0.0471. The van der Waals surface area contributed by atoms with E-state index in [0.29, 0.717) is 11.5 Å². The number of aromatic amines is 1. The van der Waals surface area contributed by atoms with Crippen LogP contribution in [0.5, 0.6) is 0 Å². The molecular formula is C18H16N2O4. The first kappa shape index (κ1) is 15.8. The molecule has 24 heavy (non-hydrogen) atoms. The fourth-order valence-corrected chi connectivity index (χ4v) is 2.38. The summed E-state index contributed by atoms with van der Waals surface area (Å²) in [5.41, 5.74) is 1.58. The quantitative estimate of drug-likeness (QED) is 0.669. The first-order valence-corrected chi connectivity index (χ1v) is 7.42. The summed E-state index contributed by atoms with van der Waals surface area (Å²) < 4.78 is 5.21. The van der Waals surface area contributed by atoms with Crippen LogP contribution in [0.25, 0.3) is 11.5 Å². The van der Waals surface area contributed by atoms with Crippen LogP contribution >= 0.6 is 0 Å². The van der Waals surface area contributed by atoms with Gasteiger partial charge in [0.25, 0.3) is 11.5 Å². The Morgan fingerprint density at radius 1 is 1.08 bits per heavy atom. The lowest BCUT2D eigenvalue weighted by molar-refractivity contribution is 0.0949. The molecule has 3 rings (SSSR count). The number of furan rings is 1. The van der Waals surface area contributed by atoms with Crippen molar-refractivity contribution in [1.82, 2.24) is 10.3 Å². The van der Waals surface area contributed by atoms with Gasteiger partial charge in [0.2, 0.25) is 0 Å². The molecule has 0 aliphatic heterocycles. The van der Waals surface area contributed by atoms with Gasteiger partial charge in [-0.25, -0.2) is 0 Å². The molecule has 0 bridgehead atoms. The number of hydrogen-bond donors (Lipinski definition) is 3. The number of pyridine rings is 1. The summed E-state index contributed by atoms with van der Waals surface area (Å²) in [4.78, 5) is 27.0. The van der Waals surface area contributed by atoms with Crippen LogP contribution in [0.3, 0.4) is 0 Å². The largest absolute Gasteiger partial charge is 0.463 e. The van der Waals surface area contributed by atoms with Crippen molar-refractivity contribution in [2.75, 3.05) is 0 Å². The minimum atomic E-state index is -0.489.